The van der Waals surface area contributed by atoms with Gasteiger partial charge < -0.3 is 4.74 Å². The number of halogens is 4. The van der Waals surface area contributed by atoms with Gasteiger partial charge in [0.2, 0.25) is 0 Å². The first-order valence-electron chi connectivity index (χ1n) is 15.4. The van der Waals surface area contributed by atoms with E-state index in [1.165, 1.54) is 89.7 Å². The Morgan fingerprint density at radius 1 is 0.789 bits per heavy atom. The maximum atomic E-state index is 14.2. The number of hydrogen-bond donors (Lipinski definition) is 0. The van der Waals surface area contributed by atoms with E-state index in [0.717, 1.165) is 43.4 Å². The molecule has 214 valence electrons. The van der Waals surface area contributed by atoms with Crippen LogP contribution in [0.25, 0.3) is 0 Å². The third-order valence-electron chi connectivity index (χ3n) is 9.94. The van der Waals surface area contributed by atoms with E-state index in [1.54, 1.807) is 0 Å². The first-order chi connectivity index (χ1) is 18.2. The highest BCUT2D eigenvalue weighted by Crippen LogP contribution is 2.43. The maximum absolute atomic E-state index is 14.2. The summed E-state index contributed by atoms with van der Waals surface area (Å²) in [7, 11) is 0. The molecule has 3 aliphatic rings. The molecule has 0 heterocycles. The van der Waals surface area contributed by atoms with Gasteiger partial charge in [0.25, 0.3) is 0 Å². The molecule has 1 nitrogen and oxygen atoms in total. The van der Waals surface area contributed by atoms with E-state index < -0.39 is 17.6 Å². The van der Waals surface area contributed by atoms with Crippen molar-refractivity contribution in [1.82, 2.24) is 0 Å². The molecular formula is C33H48F4O. The third-order valence-corrected chi connectivity index (χ3v) is 9.94. The molecule has 0 amide bonds. The zero-order valence-corrected chi connectivity index (χ0v) is 23.5. The summed E-state index contributed by atoms with van der Waals surface area (Å²) in [5, 5.41) is 0. The van der Waals surface area contributed by atoms with Gasteiger partial charge in [0, 0.05) is 0 Å². The second-order valence-electron chi connectivity index (χ2n) is 12.6. The fourth-order valence-corrected chi connectivity index (χ4v) is 7.37. The lowest BCUT2D eigenvalue weighted by Crippen LogP contribution is -2.25. The van der Waals surface area contributed by atoms with Crippen molar-refractivity contribution >= 4 is 0 Å². The minimum Gasteiger partial charge on any atom is -0.493 e. The normalized spacial score (nSPS) is 31.0. The number of aryl methyl sites for hydroxylation is 1. The number of allylic oxidation sites excluding steroid dienone is 2. The van der Waals surface area contributed by atoms with Crippen LogP contribution < -0.4 is 4.74 Å². The van der Waals surface area contributed by atoms with Crippen molar-refractivity contribution in [3.05, 3.63) is 41.2 Å². The van der Waals surface area contributed by atoms with Crippen molar-refractivity contribution in [3.8, 4) is 5.75 Å². The lowest BCUT2D eigenvalue weighted by Gasteiger charge is -2.37. The Hall–Kier alpha value is -1.52. The summed E-state index contributed by atoms with van der Waals surface area (Å²) in [5.41, 5.74) is -1.29. The highest BCUT2D eigenvalue weighted by Gasteiger charge is 2.39. The van der Waals surface area contributed by atoms with Crippen molar-refractivity contribution in [2.45, 2.75) is 116 Å². The summed E-state index contributed by atoms with van der Waals surface area (Å²) in [6.07, 6.45) is 19.6. The number of benzene rings is 1. The first kappa shape index (κ1) is 29.5. The van der Waals surface area contributed by atoms with Crippen molar-refractivity contribution in [2.75, 3.05) is 6.61 Å². The topological polar surface area (TPSA) is 9.23 Å². The number of unbranched alkanes of at least 4 members (excludes halogenated alkanes) is 1. The van der Waals surface area contributed by atoms with Crippen LogP contribution in [0.3, 0.4) is 0 Å². The molecule has 0 unspecified atom stereocenters. The molecule has 0 aromatic heterocycles. The molecule has 38 heavy (non-hydrogen) atoms. The highest BCUT2D eigenvalue weighted by molar-refractivity contribution is 5.40. The molecule has 0 atom stereocenters. The molecule has 0 N–H and O–H groups in total. The van der Waals surface area contributed by atoms with Crippen LogP contribution in [0.15, 0.2) is 24.3 Å². The third kappa shape index (κ3) is 8.01. The average molecular weight is 537 g/mol. The largest absolute Gasteiger partial charge is 0.493 e. The van der Waals surface area contributed by atoms with Gasteiger partial charge in [-0.25, -0.2) is 4.39 Å². The Bertz CT molecular complexity index is 883. The summed E-state index contributed by atoms with van der Waals surface area (Å²) in [4.78, 5) is 0. The van der Waals surface area contributed by atoms with E-state index in [9.17, 15) is 17.6 Å². The van der Waals surface area contributed by atoms with Gasteiger partial charge in [-0.3, -0.25) is 0 Å². The number of hydrogen-bond acceptors (Lipinski definition) is 1. The fraction of sp³-hybridized carbons (Fsp3) is 0.758. The van der Waals surface area contributed by atoms with Crippen LogP contribution in [-0.4, -0.2) is 6.61 Å². The van der Waals surface area contributed by atoms with Gasteiger partial charge in [-0.15, -0.1) is 0 Å². The summed E-state index contributed by atoms with van der Waals surface area (Å²) < 4.78 is 59.9. The average Bonchev–Trinajstić information content (AvgIpc) is 2.92. The number of alkyl halides is 3. The van der Waals surface area contributed by atoms with Crippen LogP contribution in [0, 0.1) is 48.2 Å². The Balaban J connectivity index is 1.15. The van der Waals surface area contributed by atoms with Gasteiger partial charge in [-0.2, -0.15) is 13.2 Å². The van der Waals surface area contributed by atoms with Gasteiger partial charge >= 0.3 is 6.18 Å². The predicted octanol–water partition coefficient (Wildman–Crippen LogP) is 10.7. The highest BCUT2D eigenvalue weighted by atomic mass is 19.4. The molecule has 3 aliphatic carbocycles. The molecule has 0 spiro atoms. The molecule has 5 heteroatoms. The minimum atomic E-state index is -4.76. The molecule has 0 bridgehead atoms. The molecule has 3 saturated carbocycles. The molecule has 3 fully saturated rings. The second-order valence-corrected chi connectivity index (χ2v) is 12.6. The van der Waals surface area contributed by atoms with Crippen molar-refractivity contribution in [3.63, 3.8) is 0 Å². The Morgan fingerprint density at radius 3 is 1.87 bits per heavy atom. The van der Waals surface area contributed by atoms with Crippen molar-refractivity contribution < 1.29 is 22.3 Å². The first-order valence-corrected chi connectivity index (χ1v) is 15.4. The smallest absolute Gasteiger partial charge is 0.422 e. The van der Waals surface area contributed by atoms with Crippen LogP contribution in [0.1, 0.15) is 114 Å². The van der Waals surface area contributed by atoms with E-state index in [0.29, 0.717) is 11.8 Å². The van der Waals surface area contributed by atoms with Gasteiger partial charge in [0.1, 0.15) is 17.1 Å². The van der Waals surface area contributed by atoms with Crippen LogP contribution in [0.2, 0.25) is 0 Å². The fourth-order valence-electron chi connectivity index (χ4n) is 7.37. The zero-order chi connectivity index (χ0) is 27.1. The van der Waals surface area contributed by atoms with E-state index in [4.69, 9.17) is 4.74 Å². The molecule has 0 aliphatic heterocycles. The van der Waals surface area contributed by atoms with Gasteiger partial charge in [-0.1, -0.05) is 57.2 Å². The van der Waals surface area contributed by atoms with Crippen molar-refractivity contribution in [2.24, 2.45) is 35.5 Å². The summed E-state index contributed by atoms with van der Waals surface area (Å²) in [5.74, 6) is 2.79. The maximum Gasteiger partial charge on any atom is 0.422 e. The minimum absolute atomic E-state index is 0.0182. The quantitative estimate of drug-likeness (QED) is 0.225. The Morgan fingerprint density at radius 2 is 1.32 bits per heavy atom. The van der Waals surface area contributed by atoms with E-state index in [1.807, 2.05) is 0 Å². The Kier molecular flexibility index (Phi) is 10.6. The van der Waals surface area contributed by atoms with Crippen LogP contribution >= 0.6 is 0 Å². The summed E-state index contributed by atoms with van der Waals surface area (Å²) in [6, 6.07) is 2.61. The number of rotatable bonds is 9. The zero-order valence-electron chi connectivity index (χ0n) is 23.5. The molecule has 0 radical (unpaired) electrons. The van der Waals surface area contributed by atoms with E-state index in [2.05, 4.69) is 19.1 Å². The molecule has 0 saturated heterocycles. The SMILES string of the molecule is CCCCC1CCC(C2CCC(/C=C/C3CCC(COc4ccc(C)c(F)c4C(F)(F)F)CC3)CC2)CC1. The molecule has 1 aromatic rings. The summed E-state index contributed by atoms with van der Waals surface area (Å²) in [6.45, 7) is 3.86. The molecule has 4 rings (SSSR count). The van der Waals surface area contributed by atoms with Crippen LogP contribution in [0.5, 0.6) is 5.75 Å². The second kappa shape index (κ2) is 13.7. The Labute approximate surface area is 227 Å². The van der Waals surface area contributed by atoms with Crippen molar-refractivity contribution in [1.29, 1.82) is 0 Å². The lowest BCUT2D eigenvalue weighted by atomic mass is 9.68. The number of ether oxygens (including phenoxy) is 1. The predicted molar refractivity (Wildman–Crippen MR) is 147 cm³/mol. The molecule has 1 aromatic carbocycles. The van der Waals surface area contributed by atoms with E-state index in [-0.39, 0.29) is 23.8 Å². The lowest BCUT2D eigenvalue weighted by molar-refractivity contribution is -0.141. The van der Waals surface area contributed by atoms with Gasteiger partial charge in [-0.05, 0) is 118 Å². The van der Waals surface area contributed by atoms with Gasteiger partial charge in [0.05, 0.1) is 6.61 Å². The van der Waals surface area contributed by atoms with Crippen LogP contribution in [-0.2, 0) is 6.18 Å². The van der Waals surface area contributed by atoms with Gasteiger partial charge in [0.15, 0.2) is 0 Å². The van der Waals surface area contributed by atoms with E-state index >= 15 is 0 Å². The standard InChI is InChI=1S/C33H48F4O/c1-3-4-5-24-13-17-28(18-14-24)29-19-15-26(16-20-29)8-7-25-9-11-27(12-10-25)22-38-30-21-6-23(2)32(34)31(30)33(35,36)37/h6-8,21,24-29H,3-5,9-20,22H2,1-2H3/b8-7+. The molecular weight excluding hydrogens is 488 g/mol. The summed E-state index contributed by atoms with van der Waals surface area (Å²) >= 11 is 0. The van der Waals surface area contributed by atoms with Crippen LogP contribution in [0.4, 0.5) is 17.6 Å². The monoisotopic (exact) mass is 536 g/mol.